The minimum Gasteiger partial charge on any atom is -0.346 e. The lowest BCUT2D eigenvalue weighted by molar-refractivity contribution is 0.0949. The largest absolute Gasteiger partial charge is 0.346 e. The average Bonchev–Trinajstić information content (AvgIpc) is 2.40. The molecule has 1 N–H and O–H groups in total. The van der Waals surface area contributed by atoms with Crippen molar-refractivity contribution in [2.45, 2.75) is 6.54 Å². The summed E-state index contributed by atoms with van der Waals surface area (Å²) in [5.41, 5.74) is 1.02. The number of benzene rings is 1. The van der Waals surface area contributed by atoms with Crippen LogP contribution in [0.2, 0.25) is 0 Å². The molecule has 5 heteroatoms. The molecule has 2 rings (SSSR count). The van der Waals surface area contributed by atoms with Crippen molar-refractivity contribution in [1.29, 1.82) is 0 Å². The second-order valence-electron chi connectivity index (χ2n) is 3.63. The van der Waals surface area contributed by atoms with Gasteiger partial charge in [0.15, 0.2) is 0 Å². The third-order valence-corrected chi connectivity index (χ3v) is 3.02. The second kappa shape index (κ2) is 5.73. The molecule has 0 aliphatic carbocycles. The van der Waals surface area contributed by atoms with Gasteiger partial charge in [-0.3, -0.25) is 9.78 Å². The monoisotopic (exact) mass is 308 g/mol. The van der Waals surface area contributed by atoms with Crippen molar-refractivity contribution >= 4 is 21.8 Å². The number of carbonyl (C=O) groups is 1. The molecule has 3 nitrogen and oxygen atoms in total. The van der Waals surface area contributed by atoms with Crippen molar-refractivity contribution in [2.75, 3.05) is 0 Å². The SMILES string of the molecule is O=C(NCc1ccccn1)c1cc(F)ccc1Br. The number of amides is 1. The molecule has 0 saturated heterocycles. The van der Waals surface area contributed by atoms with Gasteiger partial charge in [-0.25, -0.2) is 4.39 Å². The molecule has 1 aromatic carbocycles. The number of aromatic nitrogens is 1. The van der Waals surface area contributed by atoms with E-state index < -0.39 is 5.82 Å². The fourth-order valence-corrected chi connectivity index (χ4v) is 1.87. The van der Waals surface area contributed by atoms with Gasteiger partial charge in [0.2, 0.25) is 0 Å². The zero-order valence-corrected chi connectivity index (χ0v) is 10.9. The highest BCUT2D eigenvalue weighted by atomic mass is 79.9. The summed E-state index contributed by atoms with van der Waals surface area (Å²) in [6, 6.07) is 9.43. The zero-order valence-electron chi connectivity index (χ0n) is 9.36. The smallest absolute Gasteiger partial charge is 0.252 e. The quantitative estimate of drug-likeness (QED) is 0.947. The van der Waals surface area contributed by atoms with Crippen LogP contribution in [0.3, 0.4) is 0 Å². The van der Waals surface area contributed by atoms with E-state index in [1.54, 1.807) is 18.3 Å². The van der Waals surface area contributed by atoms with Crippen molar-refractivity contribution in [3.8, 4) is 0 Å². The molecule has 0 fully saturated rings. The fraction of sp³-hybridized carbons (Fsp3) is 0.0769. The Balaban J connectivity index is 2.06. The van der Waals surface area contributed by atoms with Gasteiger partial charge in [0, 0.05) is 10.7 Å². The Labute approximate surface area is 112 Å². The zero-order chi connectivity index (χ0) is 13.0. The molecule has 2 aromatic rings. The minimum absolute atomic E-state index is 0.269. The Morgan fingerprint density at radius 2 is 2.17 bits per heavy atom. The summed E-state index contributed by atoms with van der Waals surface area (Å²) in [7, 11) is 0. The van der Waals surface area contributed by atoms with Crippen molar-refractivity contribution in [3.63, 3.8) is 0 Å². The molecule has 18 heavy (non-hydrogen) atoms. The number of carbonyl (C=O) groups excluding carboxylic acids is 1. The highest BCUT2D eigenvalue weighted by Gasteiger charge is 2.10. The number of nitrogens with one attached hydrogen (secondary N) is 1. The molecular weight excluding hydrogens is 299 g/mol. The number of nitrogens with zero attached hydrogens (tertiary/aromatic N) is 1. The average molecular weight is 309 g/mol. The van der Waals surface area contributed by atoms with Crippen molar-refractivity contribution in [2.24, 2.45) is 0 Å². The van der Waals surface area contributed by atoms with Gasteiger partial charge in [0.05, 0.1) is 17.8 Å². The number of hydrogen-bond acceptors (Lipinski definition) is 2. The maximum Gasteiger partial charge on any atom is 0.252 e. The number of halogens is 2. The van der Waals surface area contributed by atoms with Crippen LogP contribution in [-0.4, -0.2) is 10.9 Å². The van der Waals surface area contributed by atoms with E-state index >= 15 is 0 Å². The summed E-state index contributed by atoms with van der Waals surface area (Å²) in [6.07, 6.45) is 1.65. The Kier molecular flexibility index (Phi) is 4.04. The van der Waals surface area contributed by atoms with E-state index in [2.05, 4.69) is 26.2 Å². The summed E-state index contributed by atoms with van der Waals surface area (Å²) in [5, 5.41) is 2.69. The summed E-state index contributed by atoms with van der Waals surface area (Å²) in [4.78, 5) is 15.9. The summed E-state index contributed by atoms with van der Waals surface area (Å²) >= 11 is 3.21. The fourth-order valence-electron chi connectivity index (χ4n) is 1.44. The molecule has 92 valence electrons. The van der Waals surface area contributed by atoms with Crippen LogP contribution in [0.1, 0.15) is 16.1 Å². The van der Waals surface area contributed by atoms with E-state index in [-0.39, 0.29) is 11.5 Å². The van der Waals surface area contributed by atoms with Crippen LogP contribution < -0.4 is 5.32 Å². The third-order valence-electron chi connectivity index (χ3n) is 2.33. The molecule has 0 radical (unpaired) electrons. The van der Waals surface area contributed by atoms with Gasteiger partial charge in [-0.15, -0.1) is 0 Å². The lowest BCUT2D eigenvalue weighted by atomic mass is 10.2. The molecular formula is C13H10BrFN2O. The topological polar surface area (TPSA) is 42.0 Å². The lowest BCUT2D eigenvalue weighted by Gasteiger charge is -2.06. The summed E-state index contributed by atoms with van der Waals surface area (Å²) in [6.45, 7) is 0.308. The summed E-state index contributed by atoms with van der Waals surface area (Å²) < 4.78 is 13.6. The molecule has 0 aliphatic heterocycles. The number of pyridine rings is 1. The van der Waals surface area contributed by atoms with E-state index in [4.69, 9.17) is 0 Å². The van der Waals surface area contributed by atoms with E-state index in [0.29, 0.717) is 11.0 Å². The van der Waals surface area contributed by atoms with Gasteiger partial charge < -0.3 is 5.32 Å². The first-order valence-electron chi connectivity index (χ1n) is 5.30. The van der Waals surface area contributed by atoms with E-state index in [9.17, 15) is 9.18 Å². The Bertz CT molecular complexity index is 560. The molecule has 0 atom stereocenters. The normalized spacial score (nSPS) is 10.1. The van der Waals surface area contributed by atoms with Crippen molar-refractivity contribution < 1.29 is 9.18 Å². The van der Waals surface area contributed by atoms with Gasteiger partial charge in [0.25, 0.3) is 5.91 Å². The predicted octanol–water partition coefficient (Wildman–Crippen LogP) is 2.91. The Morgan fingerprint density at radius 3 is 2.89 bits per heavy atom. The maximum atomic E-state index is 13.1. The maximum absolute atomic E-state index is 13.1. The summed E-state index contributed by atoms with van der Waals surface area (Å²) in [5.74, 6) is -0.784. The van der Waals surface area contributed by atoms with Gasteiger partial charge >= 0.3 is 0 Å². The first kappa shape index (κ1) is 12.7. The van der Waals surface area contributed by atoms with Crippen LogP contribution in [0.15, 0.2) is 47.1 Å². The number of rotatable bonds is 3. The van der Waals surface area contributed by atoms with Crippen molar-refractivity contribution in [3.05, 3.63) is 64.1 Å². The van der Waals surface area contributed by atoms with Gasteiger partial charge in [-0.1, -0.05) is 6.07 Å². The molecule has 0 spiro atoms. The molecule has 0 bridgehead atoms. The predicted molar refractivity (Wildman–Crippen MR) is 69.5 cm³/mol. The van der Waals surface area contributed by atoms with E-state index in [1.807, 2.05) is 6.07 Å². The second-order valence-corrected chi connectivity index (χ2v) is 4.48. The minimum atomic E-state index is -0.443. The van der Waals surface area contributed by atoms with Crippen LogP contribution in [0.4, 0.5) is 4.39 Å². The molecule has 1 aromatic heterocycles. The van der Waals surface area contributed by atoms with E-state index in [0.717, 1.165) is 5.69 Å². The standard InChI is InChI=1S/C13H10BrFN2O/c14-12-5-4-9(15)7-11(12)13(18)17-8-10-3-1-2-6-16-10/h1-7H,8H2,(H,17,18). The molecule has 0 aliphatic rings. The van der Waals surface area contributed by atoms with Crippen molar-refractivity contribution in [1.82, 2.24) is 10.3 Å². The highest BCUT2D eigenvalue weighted by molar-refractivity contribution is 9.10. The van der Waals surface area contributed by atoms with Crippen LogP contribution in [0.25, 0.3) is 0 Å². The van der Waals surface area contributed by atoms with Crippen LogP contribution >= 0.6 is 15.9 Å². The van der Waals surface area contributed by atoms with Crippen LogP contribution in [-0.2, 0) is 6.54 Å². The van der Waals surface area contributed by atoms with Crippen LogP contribution in [0.5, 0.6) is 0 Å². The Morgan fingerprint density at radius 1 is 1.33 bits per heavy atom. The molecule has 0 saturated carbocycles. The first-order chi connectivity index (χ1) is 8.66. The number of hydrogen-bond donors (Lipinski definition) is 1. The van der Waals surface area contributed by atoms with Gasteiger partial charge in [-0.05, 0) is 46.3 Å². The van der Waals surface area contributed by atoms with Gasteiger partial charge in [-0.2, -0.15) is 0 Å². The third kappa shape index (κ3) is 3.13. The van der Waals surface area contributed by atoms with Crippen LogP contribution in [0, 0.1) is 5.82 Å². The lowest BCUT2D eigenvalue weighted by Crippen LogP contribution is -2.23. The Hall–Kier alpha value is -1.75. The molecule has 1 heterocycles. The molecule has 0 unspecified atom stereocenters. The molecule has 1 amide bonds. The first-order valence-corrected chi connectivity index (χ1v) is 6.09. The van der Waals surface area contributed by atoms with Gasteiger partial charge in [0.1, 0.15) is 5.82 Å². The highest BCUT2D eigenvalue weighted by Crippen LogP contribution is 2.17. The van der Waals surface area contributed by atoms with E-state index in [1.165, 1.54) is 18.2 Å².